The van der Waals surface area contributed by atoms with E-state index in [1.165, 1.54) is 31.1 Å². The highest BCUT2D eigenvalue weighted by Crippen LogP contribution is 2.08. The van der Waals surface area contributed by atoms with Crippen molar-refractivity contribution in [3.05, 3.63) is 35.4 Å². The van der Waals surface area contributed by atoms with E-state index >= 15 is 0 Å². The largest absolute Gasteiger partial charge is 0.290 e. The van der Waals surface area contributed by atoms with Gasteiger partial charge < -0.3 is 0 Å². The van der Waals surface area contributed by atoms with Gasteiger partial charge in [0, 0.05) is 0 Å². The van der Waals surface area contributed by atoms with E-state index in [1.54, 1.807) is 0 Å². The van der Waals surface area contributed by atoms with E-state index in [0.717, 1.165) is 18.1 Å². The molecular weight excluding hydrogens is 202 g/mol. The first-order valence-corrected chi connectivity index (χ1v) is 5.84. The molecule has 3 heteroatoms. The summed E-state index contributed by atoms with van der Waals surface area (Å²) in [5.41, 5.74) is 2.61. The van der Waals surface area contributed by atoms with E-state index in [0.29, 0.717) is 6.54 Å². The molecule has 16 heavy (non-hydrogen) atoms. The molecule has 0 radical (unpaired) electrons. The molecule has 1 N–H and O–H groups in total. The van der Waals surface area contributed by atoms with Crippen LogP contribution in [0.4, 0.5) is 0 Å². The van der Waals surface area contributed by atoms with Crippen molar-refractivity contribution in [2.45, 2.75) is 32.6 Å². The van der Waals surface area contributed by atoms with Gasteiger partial charge in [0.1, 0.15) is 0 Å². The molecule has 3 nitrogen and oxygen atoms in total. The standard InChI is InChI=1S/C13H21NO2/c1-3-4-5-12-6-8-13(9-7-12)10-11-14(15)16-2/h6-9,15H,3-5,10-11H2,1-2H3. The number of benzene rings is 1. The zero-order valence-corrected chi connectivity index (χ0v) is 10.1. The number of hydrogen-bond acceptors (Lipinski definition) is 3. The first-order valence-electron chi connectivity index (χ1n) is 5.84. The quantitative estimate of drug-likeness (QED) is 0.721. The molecule has 0 unspecified atom stereocenters. The summed E-state index contributed by atoms with van der Waals surface area (Å²) in [7, 11) is 1.45. The topological polar surface area (TPSA) is 32.7 Å². The molecule has 0 aliphatic carbocycles. The summed E-state index contributed by atoms with van der Waals surface area (Å²) in [4.78, 5) is 4.64. The molecule has 0 aliphatic heterocycles. The number of aryl methyl sites for hydroxylation is 1. The summed E-state index contributed by atoms with van der Waals surface area (Å²) in [5.74, 6) is 0. The van der Waals surface area contributed by atoms with Gasteiger partial charge in [-0.25, -0.2) is 0 Å². The molecule has 90 valence electrons. The third-order valence-corrected chi connectivity index (χ3v) is 2.64. The first-order chi connectivity index (χ1) is 7.76. The Kier molecular flexibility index (Phi) is 6.08. The summed E-state index contributed by atoms with van der Waals surface area (Å²) >= 11 is 0. The van der Waals surface area contributed by atoms with Gasteiger partial charge in [-0.15, -0.1) is 0 Å². The van der Waals surface area contributed by atoms with E-state index < -0.39 is 0 Å². The minimum Gasteiger partial charge on any atom is -0.290 e. The van der Waals surface area contributed by atoms with Crippen molar-refractivity contribution in [3.63, 3.8) is 0 Å². The molecule has 0 aliphatic rings. The second kappa shape index (κ2) is 7.39. The lowest BCUT2D eigenvalue weighted by molar-refractivity contribution is -0.324. The van der Waals surface area contributed by atoms with Crippen LogP contribution in [-0.2, 0) is 17.7 Å². The third kappa shape index (κ3) is 4.75. The maximum absolute atomic E-state index is 9.10. The predicted molar refractivity (Wildman–Crippen MR) is 64.3 cm³/mol. The Balaban J connectivity index is 2.38. The van der Waals surface area contributed by atoms with Crippen molar-refractivity contribution in [3.8, 4) is 0 Å². The number of hydroxylamine groups is 2. The Morgan fingerprint density at radius 2 is 1.69 bits per heavy atom. The lowest BCUT2D eigenvalue weighted by atomic mass is 10.1. The maximum atomic E-state index is 9.10. The van der Waals surface area contributed by atoms with E-state index in [2.05, 4.69) is 36.0 Å². The van der Waals surface area contributed by atoms with Crippen LogP contribution in [0.2, 0.25) is 0 Å². The van der Waals surface area contributed by atoms with Crippen LogP contribution in [0.15, 0.2) is 24.3 Å². The molecule has 0 heterocycles. The van der Waals surface area contributed by atoms with Gasteiger partial charge in [-0.2, -0.15) is 0 Å². The van der Waals surface area contributed by atoms with Crippen molar-refractivity contribution in [1.29, 1.82) is 0 Å². The summed E-state index contributed by atoms with van der Waals surface area (Å²) in [6.07, 6.45) is 4.42. The van der Waals surface area contributed by atoms with Crippen LogP contribution in [0.1, 0.15) is 30.9 Å². The van der Waals surface area contributed by atoms with Crippen molar-refractivity contribution in [2.24, 2.45) is 0 Å². The summed E-state index contributed by atoms with van der Waals surface area (Å²) in [6.45, 7) is 2.69. The molecule has 0 saturated heterocycles. The normalized spacial score (nSPS) is 11.0. The molecule has 0 saturated carbocycles. The van der Waals surface area contributed by atoms with Crippen molar-refractivity contribution >= 4 is 0 Å². The minimum absolute atomic E-state index is 0.491. The highest BCUT2D eigenvalue weighted by molar-refractivity contribution is 5.22. The molecular formula is C13H21NO2. The summed E-state index contributed by atoms with van der Waals surface area (Å²) in [6, 6.07) is 8.57. The van der Waals surface area contributed by atoms with Gasteiger partial charge in [-0.05, 0) is 30.4 Å². The van der Waals surface area contributed by atoms with Gasteiger partial charge in [-0.1, -0.05) is 42.8 Å². The van der Waals surface area contributed by atoms with Crippen molar-refractivity contribution < 1.29 is 10.0 Å². The third-order valence-electron chi connectivity index (χ3n) is 2.64. The van der Waals surface area contributed by atoms with Gasteiger partial charge in [-0.3, -0.25) is 10.0 Å². The average molecular weight is 223 g/mol. The molecule has 1 rings (SSSR count). The molecule has 0 atom stereocenters. The highest BCUT2D eigenvalue weighted by atomic mass is 16.9. The Morgan fingerprint density at radius 3 is 2.19 bits per heavy atom. The number of nitrogens with zero attached hydrogens (tertiary/aromatic N) is 1. The van der Waals surface area contributed by atoms with Crippen LogP contribution in [0.25, 0.3) is 0 Å². The zero-order valence-electron chi connectivity index (χ0n) is 10.1. The van der Waals surface area contributed by atoms with Crippen LogP contribution in [0.3, 0.4) is 0 Å². The fraction of sp³-hybridized carbons (Fsp3) is 0.538. The van der Waals surface area contributed by atoms with Gasteiger partial charge in [0.05, 0.1) is 13.7 Å². The van der Waals surface area contributed by atoms with Crippen LogP contribution in [0, 0.1) is 0 Å². The van der Waals surface area contributed by atoms with Gasteiger partial charge >= 0.3 is 0 Å². The lowest BCUT2D eigenvalue weighted by Gasteiger charge is -2.10. The van der Waals surface area contributed by atoms with Crippen molar-refractivity contribution in [2.75, 3.05) is 13.7 Å². The second-order valence-electron chi connectivity index (χ2n) is 3.93. The molecule has 1 aromatic rings. The summed E-state index contributed by atoms with van der Waals surface area (Å²) < 4.78 is 0. The number of hydrogen-bond donors (Lipinski definition) is 1. The van der Waals surface area contributed by atoms with E-state index in [1.807, 2.05) is 0 Å². The number of rotatable bonds is 7. The Labute approximate surface area is 97.6 Å². The Bertz CT molecular complexity index is 284. The van der Waals surface area contributed by atoms with Crippen LogP contribution in [0.5, 0.6) is 0 Å². The molecule has 0 aromatic heterocycles. The van der Waals surface area contributed by atoms with Crippen LogP contribution >= 0.6 is 0 Å². The maximum Gasteiger partial charge on any atom is 0.0601 e. The van der Waals surface area contributed by atoms with E-state index in [4.69, 9.17) is 5.21 Å². The molecule has 0 amide bonds. The number of unbranched alkanes of at least 4 members (excludes halogenated alkanes) is 1. The first kappa shape index (κ1) is 13.2. The fourth-order valence-electron chi connectivity index (χ4n) is 1.57. The van der Waals surface area contributed by atoms with Crippen LogP contribution < -0.4 is 0 Å². The zero-order chi connectivity index (χ0) is 11.8. The minimum atomic E-state index is 0.491. The summed E-state index contributed by atoms with van der Waals surface area (Å²) in [5, 5.41) is 9.95. The van der Waals surface area contributed by atoms with Crippen molar-refractivity contribution in [1.82, 2.24) is 5.23 Å². The fourth-order valence-corrected chi connectivity index (χ4v) is 1.57. The van der Waals surface area contributed by atoms with E-state index in [-0.39, 0.29) is 0 Å². The van der Waals surface area contributed by atoms with Gasteiger partial charge in [0.2, 0.25) is 0 Å². The predicted octanol–water partition coefficient (Wildman–Crippen LogP) is 2.82. The Morgan fingerprint density at radius 1 is 1.12 bits per heavy atom. The molecule has 0 spiro atoms. The van der Waals surface area contributed by atoms with Gasteiger partial charge in [0.15, 0.2) is 0 Å². The van der Waals surface area contributed by atoms with Crippen LogP contribution in [-0.4, -0.2) is 24.1 Å². The Hall–Kier alpha value is -0.900. The SMILES string of the molecule is CCCCc1ccc(CCN(O)OC)cc1. The monoisotopic (exact) mass is 223 g/mol. The van der Waals surface area contributed by atoms with E-state index in [9.17, 15) is 0 Å². The highest BCUT2D eigenvalue weighted by Gasteiger charge is 1.99. The molecule has 1 aromatic carbocycles. The lowest BCUT2D eigenvalue weighted by Crippen LogP contribution is -2.20. The molecule has 0 bridgehead atoms. The average Bonchev–Trinajstić information content (AvgIpc) is 2.34. The second-order valence-corrected chi connectivity index (χ2v) is 3.93. The van der Waals surface area contributed by atoms with Gasteiger partial charge in [0.25, 0.3) is 0 Å². The molecule has 0 fully saturated rings. The smallest absolute Gasteiger partial charge is 0.0601 e.